The van der Waals surface area contributed by atoms with Crippen LogP contribution >= 0.6 is 0 Å². The lowest BCUT2D eigenvalue weighted by Gasteiger charge is -2.30. The molecule has 2 aliphatic rings. The van der Waals surface area contributed by atoms with Crippen LogP contribution in [0.15, 0.2) is 115 Å². The molecule has 0 N–H and O–H groups in total. The third-order valence-corrected chi connectivity index (χ3v) is 9.96. The number of fused-ring (bicyclic) bond motifs is 7. The normalized spacial score (nSPS) is 14.2. The maximum Gasteiger partial charge on any atom is 0.164 e. The predicted molar refractivity (Wildman–Crippen MR) is 180 cm³/mol. The van der Waals surface area contributed by atoms with Gasteiger partial charge >= 0.3 is 0 Å². The topological polar surface area (TPSA) is 38.7 Å². The Kier molecular flexibility index (Phi) is 6.48. The molecule has 0 saturated heterocycles. The van der Waals surface area contributed by atoms with Crippen LogP contribution in [-0.2, 0) is 18.3 Å². The molecule has 0 atom stereocenters. The van der Waals surface area contributed by atoms with Crippen molar-refractivity contribution in [3.8, 4) is 56.4 Å². The number of rotatable bonds is 5. The van der Waals surface area contributed by atoms with E-state index in [-0.39, 0.29) is 5.41 Å². The molecule has 3 heteroatoms. The molecule has 8 rings (SSSR count). The zero-order chi connectivity index (χ0) is 29.7. The Hall–Kier alpha value is -4.89. The fourth-order valence-electron chi connectivity index (χ4n) is 7.76. The van der Waals surface area contributed by atoms with Crippen molar-refractivity contribution in [1.82, 2.24) is 15.0 Å². The van der Waals surface area contributed by atoms with E-state index in [0.717, 1.165) is 48.2 Å². The Labute approximate surface area is 259 Å². The summed E-state index contributed by atoms with van der Waals surface area (Å²) in [7, 11) is 0. The second-order valence-corrected chi connectivity index (χ2v) is 12.1. The third-order valence-electron chi connectivity index (χ3n) is 9.96. The lowest BCUT2D eigenvalue weighted by Crippen LogP contribution is -2.23. The summed E-state index contributed by atoms with van der Waals surface area (Å²) in [6.45, 7) is 4.69. The van der Waals surface area contributed by atoms with Crippen molar-refractivity contribution >= 4 is 0 Å². The minimum Gasteiger partial charge on any atom is -0.208 e. The Bertz CT molecular complexity index is 1950. The number of aromatic nitrogens is 3. The molecule has 0 amide bonds. The van der Waals surface area contributed by atoms with E-state index in [1.807, 2.05) is 36.4 Å². The number of hydrogen-bond acceptors (Lipinski definition) is 3. The van der Waals surface area contributed by atoms with Crippen LogP contribution in [0.4, 0.5) is 0 Å². The number of hydrogen-bond donors (Lipinski definition) is 0. The van der Waals surface area contributed by atoms with Crippen LogP contribution in [0.5, 0.6) is 0 Å². The van der Waals surface area contributed by atoms with Crippen LogP contribution < -0.4 is 0 Å². The first-order chi connectivity index (χ1) is 21.7. The largest absolute Gasteiger partial charge is 0.208 e. The standard InChI is InChI=1S/C41H35N3/c1-3-41(4-2)33-24-14-23-32(36(33)37-34(41)26-25-28-21-13-20-27-15-11-12-22-31(27)35(28)37)40-43-38(29-16-7-5-8-17-29)42-39(44-40)30-18-9-6-10-19-30/h5-12,14-19,22-26H,3-4,13,20-21H2,1-2H3. The monoisotopic (exact) mass is 569 g/mol. The summed E-state index contributed by atoms with van der Waals surface area (Å²) in [4.78, 5) is 15.4. The average Bonchev–Trinajstić information content (AvgIpc) is 3.25. The lowest BCUT2D eigenvalue weighted by atomic mass is 9.73. The summed E-state index contributed by atoms with van der Waals surface area (Å²) in [6, 6.07) is 41.3. The summed E-state index contributed by atoms with van der Waals surface area (Å²) in [5.41, 5.74) is 14.2. The van der Waals surface area contributed by atoms with Crippen molar-refractivity contribution in [2.75, 3.05) is 0 Å². The lowest BCUT2D eigenvalue weighted by molar-refractivity contribution is 0.490. The molecule has 214 valence electrons. The van der Waals surface area contributed by atoms with Crippen LogP contribution in [0.2, 0.25) is 0 Å². The summed E-state index contributed by atoms with van der Waals surface area (Å²) in [5, 5.41) is 0. The molecule has 0 bridgehead atoms. The zero-order valence-electron chi connectivity index (χ0n) is 25.3. The van der Waals surface area contributed by atoms with Gasteiger partial charge in [-0.25, -0.2) is 15.0 Å². The SMILES string of the molecule is CCC1(CC)c2cccc(-c3nc(-c4ccccc4)nc(-c4ccccc4)n3)c2-c2c1ccc1c2-c2ccccc2CCC1. The van der Waals surface area contributed by atoms with Gasteiger partial charge in [0.1, 0.15) is 0 Å². The van der Waals surface area contributed by atoms with Gasteiger partial charge in [0.05, 0.1) is 0 Å². The molecule has 5 aromatic carbocycles. The first kappa shape index (κ1) is 26.7. The van der Waals surface area contributed by atoms with Crippen molar-refractivity contribution in [2.24, 2.45) is 0 Å². The quantitative estimate of drug-likeness (QED) is 0.207. The van der Waals surface area contributed by atoms with Gasteiger partial charge in [-0.15, -0.1) is 0 Å². The molecule has 0 saturated carbocycles. The highest BCUT2D eigenvalue weighted by molar-refractivity contribution is 6.00. The molecule has 1 heterocycles. The maximum absolute atomic E-state index is 5.20. The van der Waals surface area contributed by atoms with Crippen LogP contribution in [-0.4, -0.2) is 15.0 Å². The van der Waals surface area contributed by atoms with E-state index in [1.165, 1.54) is 50.9 Å². The molecule has 0 spiro atoms. The van der Waals surface area contributed by atoms with Gasteiger partial charge in [0.25, 0.3) is 0 Å². The molecule has 1 aromatic heterocycles. The molecule has 0 radical (unpaired) electrons. The number of benzene rings is 5. The van der Waals surface area contributed by atoms with Crippen molar-refractivity contribution < 1.29 is 0 Å². The smallest absolute Gasteiger partial charge is 0.164 e. The van der Waals surface area contributed by atoms with Crippen molar-refractivity contribution in [1.29, 1.82) is 0 Å². The van der Waals surface area contributed by atoms with Crippen LogP contribution in [0.25, 0.3) is 56.4 Å². The van der Waals surface area contributed by atoms with Gasteiger partial charge in [0, 0.05) is 22.1 Å². The third kappa shape index (κ3) is 4.06. The van der Waals surface area contributed by atoms with Gasteiger partial charge in [0.2, 0.25) is 0 Å². The second-order valence-electron chi connectivity index (χ2n) is 12.1. The molecule has 0 aliphatic heterocycles. The van der Waals surface area contributed by atoms with Gasteiger partial charge in [-0.1, -0.05) is 129 Å². The summed E-state index contributed by atoms with van der Waals surface area (Å²) >= 11 is 0. The van der Waals surface area contributed by atoms with Crippen LogP contribution in [0.1, 0.15) is 55.4 Å². The average molecular weight is 570 g/mol. The Morgan fingerprint density at radius 3 is 1.73 bits per heavy atom. The van der Waals surface area contributed by atoms with E-state index in [1.54, 1.807) is 0 Å². The fourth-order valence-corrected chi connectivity index (χ4v) is 7.76. The summed E-state index contributed by atoms with van der Waals surface area (Å²) in [5.74, 6) is 2.11. The second kappa shape index (κ2) is 10.7. The minimum absolute atomic E-state index is 0.0610. The van der Waals surface area contributed by atoms with Gasteiger partial charge in [-0.05, 0) is 76.6 Å². The molecule has 0 fully saturated rings. The van der Waals surface area contributed by atoms with Crippen molar-refractivity contribution in [3.63, 3.8) is 0 Å². The van der Waals surface area contributed by atoms with E-state index < -0.39 is 0 Å². The van der Waals surface area contributed by atoms with E-state index in [9.17, 15) is 0 Å². The molecular formula is C41H35N3. The molecule has 6 aromatic rings. The number of nitrogens with zero attached hydrogens (tertiary/aromatic N) is 3. The Morgan fingerprint density at radius 2 is 1.05 bits per heavy atom. The summed E-state index contributed by atoms with van der Waals surface area (Å²) in [6.07, 6.45) is 5.43. The fraction of sp³-hybridized carbons (Fsp3) is 0.195. The zero-order valence-corrected chi connectivity index (χ0v) is 25.3. The summed E-state index contributed by atoms with van der Waals surface area (Å²) < 4.78 is 0. The van der Waals surface area contributed by atoms with E-state index in [2.05, 4.69) is 92.7 Å². The minimum atomic E-state index is -0.0610. The highest BCUT2D eigenvalue weighted by atomic mass is 15.0. The first-order valence-corrected chi connectivity index (χ1v) is 16.0. The molecule has 3 nitrogen and oxygen atoms in total. The maximum atomic E-state index is 5.20. The van der Waals surface area contributed by atoms with Crippen molar-refractivity contribution in [2.45, 2.75) is 51.4 Å². The van der Waals surface area contributed by atoms with E-state index in [4.69, 9.17) is 15.0 Å². The molecule has 0 unspecified atom stereocenters. The van der Waals surface area contributed by atoms with Gasteiger partial charge in [-0.2, -0.15) is 0 Å². The Balaban J connectivity index is 1.46. The van der Waals surface area contributed by atoms with Gasteiger partial charge in [-0.3, -0.25) is 0 Å². The van der Waals surface area contributed by atoms with E-state index >= 15 is 0 Å². The number of aryl methyl sites for hydroxylation is 2. The van der Waals surface area contributed by atoms with Crippen LogP contribution in [0.3, 0.4) is 0 Å². The molecule has 2 aliphatic carbocycles. The van der Waals surface area contributed by atoms with Gasteiger partial charge in [0.15, 0.2) is 17.5 Å². The van der Waals surface area contributed by atoms with Gasteiger partial charge < -0.3 is 0 Å². The predicted octanol–water partition coefficient (Wildman–Crippen LogP) is 10.1. The molecular weight excluding hydrogens is 534 g/mol. The first-order valence-electron chi connectivity index (χ1n) is 16.0. The van der Waals surface area contributed by atoms with Crippen LogP contribution in [0, 0.1) is 0 Å². The highest BCUT2D eigenvalue weighted by Gasteiger charge is 2.44. The van der Waals surface area contributed by atoms with E-state index in [0.29, 0.717) is 11.6 Å². The molecule has 44 heavy (non-hydrogen) atoms. The highest BCUT2D eigenvalue weighted by Crippen LogP contribution is 2.59. The Morgan fingerprint density at radius 1 is 0.477 bits per heavy atom. The van der Waals surface area contributed by atoms with Crippen molar-refractivity contribution in [3.05, 3.63) is 138 Å².